The molecular formula is C24H22BrClK2N6O3. The van der Waals surface area contributed by atoms with Crippen molar-refractivity contribution in [3.05, 3.63) is 69.2 Å². The molecular weight excluding hydrogens is 614 g/mol. The fraction of sp³-hybridized carbons (Fsp3) is 0.208. The Labute approximate surface area is 311 Å². The first-order valence-electron chi connectivity index (χ1n) is 11.0. The molecule has 13 heteroatoms. The van der Waals surface area contributed by atoms with E-state index in [-0.39, 0.29) is 114 Å². The topological polar surface area (TPSA) is 123 Å². The van der Waals surface area contributed by atoms with Gasteiger partial charge in [-0.2, -0.15) is 0 Å². The van der Waals surface area contributed by atoms with E-state index in [2.05, 4.69) is 48.5 Å². The number of imidazole rings is 1. The Morgan fingerprint density at radius 3 is 2.62 bits per heavy atom. The molecule has 0 amide bonds. The van der Waals surface area contributed by atoms with E-state index in [4.69, 9.17) is 16.0 Å². The second kappa shape index (κ2) is 13.9. The van der Waals surface area contributed by atoms with Gasteiger partial charge in [0.25, 0.3) is 0 Å². The minimum absolute atomic E-state index is 0. The Morgan fingerprint density at radius 1 is 1.19 bits per heavy atom. The van der Waals surface area contributed by atoms with Gasteiger partial charge >= 0.3 is 109 Å². The molecule has 5 rings (SSSR count). The molecule has 0 atom stereocenters. The van der Waals surface area contributed by atoms with Crippen LogP contribution < -0.4 is 0 Å². The Hall–Kier alpha value is -0.227. The SMILES string of the molecule is CCCCc1nc(Cl)c(C(=O)O)n1Cc1ccc2oc(-c3ccccc3-c3nnn[nH]3)c(Br)c2c1.[KH].[KH]. The van der Waals surface area contributed by atoms with Crippen LogP contribution in [0.2, 0.25) is 5.15 Å². The summed E-state index contributed by atoms with van der Waals surface area (Å²) in [7, 11) is 0. The van der Waals surface area contributed by atoms with Crippen molar-refractivity contribution < 1.29 is 14.3 Å². The summed E-state index contributed by atoms with van der Waals surface area (Å²) in [5.41, 5.74) is 3.21. The fourth-order valence-electron chi connectivity index (χ4n) is 4.10. The van der Waals surface area contributed by atoms with E-state index in [0.717, 1.165) is 39.4 Å². The molecule has 0 spiro atoms. The normalized spacial score (nSPS) is 10.8. The second-order valence-corrected chi connectivity index (χ2v) is 9.18. The molecule has 182 valence electrons. The number of hydrogen-bond donors (Lipinski definition) is 2. The van der Waals surface area contributed by atoms with Crippen molar-refractivity contribution in [2.75, 3.05) is 0 Å². The van der Waals surface area contributed by atoms with Crippen molar-refractivity contribution in [2.24, 2.45) is 0 Å². The quantitative estimate of drug-likeness (QED) is 0.237. The van der Waals surface area contributed by atoms with Crippen LogP contribution in [0.3, 0.4) is 0 Å². The van der Waals surface area contributed by atoms with Crippen LogP contribution in [-0.4, -0.2) is 144 Å². The van der Waals surface area contributed by atoms with Gasteiger partial charge in [-0.05, 0) is 50.5 Å². The Bertz CT molecular complexity index is 1540. The summed E-state index contributed by atoms with van der Waals surface area (Å²) in [5, 5.41) is 24.8. The number of furan rings is 1. The number of aryl methyl sites for hydroxylation is 1. The summed E-state index contributed by atoms with van der Waals surface area (Å²) in [4.78, 5) is 16.2. The monoisotopic (exact) mass is 634 g/mol. The molecule has 0 aliphatic rings. The number of carboxylic acid groups (broad SMARTS) is 1. The van der Waals surface area contributed by atoms with Crippen LogP contribution >= 0.6 is 27.5 Å². The zero-order valence-corrected chi connectivity index (χ0v) is 21.0. The maximum absolute atomic E-state index is 11.9. The predicted molar refractivity (Wildman–Crippen MR) is 149 cm³/mol. The molecule has 3 aromatic heterocycles. The molecule has 2 N–H and O–H groups in total. The van der Waals surface area contributed by atoms with Crippen LogP contribution in [0.25, 0.3) is 33.7 Å². The van der Waals surface area contributed by atoms with Crippen molar-refractivity contribution in [1.29, 1.82) is 0 Å². The van der Waals surface area contributed by atoms with Gasteiger partial charge in [0, 0.05) is 29.5 Å². The first kappa shape index (κ1) is 31.3. The van der Waals surface area contributed by atoms with E-state index in [0.29, 0.717) is 36.0 Å². The molecule has 0 aliphatic heterocycles. The number of carbonyl (C=O) groups is 1. The molecule has 0 unspecified atom stereocenters. The first-order chi connectivity index (χ1) is 17.0. The first-order valence-corrected chi connectivity index (χ1v) is 12.2. The summed E-state index contributed by atoms with van der Waals surface area (Å²) in [6.07, 6.45) is 2.51. The number of unbranched alkanes of at least 4 members (excludes halogenated alkanes) is 1. The zero-order valence-electron chi connectivity index (χ0n) is 18.6. The van der Waals surface area contributed by atoms with E-state index < -0.39 is 5.97 Å². The molecule has 0 radical (unpaired) electrons. The van der Waals surface area contributed by atoms with E-state index in [1.807, 2.05) is 42.5 Å². The van der Waals surface area contributed by atoms with Gasteiger partial charge in [0.2, 0.25) is 0 Å². The van der Waals surface area contributed by atoms with Crippen molar-refractivity contribution in [2.45, 2.75) is 32.7 Å². The van der Waals surface area contributed by atoms with Crippen molar-refractivity contribution >= 4 is 147 Å². The number of carboxylic acids is 1. The standard InChI is InChI=1S/C24H20BrClN6O3.2K.2H/c1-2-3-8-18-27-22(26)20(24(33)34)32(18)12-13-9-10-17-16(11-13)19(25)21(35-17)14-6-4-5-7-15(14)23-28-30-31-29-23;;;;/h4-7,9-11H,2-3,8,12H2,1H3,(H,33,34)(H,28,29,30,31);;;;. The van der Waals surface area contributed by atoms with Gasteiger partial charge in [-0.15, -0.1) is 5.10 Å². The summed E-state index contributed by atoms with van der Waals surface area (Å²) in [6.45, 7) is 2.40. The molecule has 5 aromatic rings. The third-order valence-corrected chi connectivity index (χ3v) is 6.82. The number of nitrogens with zero attached hydrogens (tertiary/aromatic N) is 5. The zero-order chi connectivity index (χ0) is 24.5. The van der Waals surface area contributed by atoms with E-state index in [1.165, 1.54) is 0 Å². The van der Waals surface area contributed by atoms with Crippen LogP contribution in [-0.2, 0) is 13.0 Å². The van der Waals surface area contributed by atoms with Crippen LogP contribution in [0.1, 0.15) is 41.6 Å². The number of benzene rings is 2. The van der Waals surface area contributed by atoms with Crippen molar-refractivity contribution in [3.8, 4) is 22.7 Å². The molecule has 0 bridgehead atoms. The van der Waals surface area contributed by atoms with Crippen LogP contribution in [0.4, 0.5) is 0 Å². The van der Waals surface area contributed by atoms with Gasteiger partial charge in [-0.25, -0.2) is 14.9 Å². The fourth-order valence-corrected chi connectivity index (χ4v) is 4.98. The van der Waals surface area contributed by atoms with E-state index in [1.54, 1.807) is 4.57 Å². The second-order valence-electron chi connectivity index (χ2n) is 8.03. The van der Waals surface area contributed by atoms with E-state index >= 15 is 0 Å². The van der Waals surface area contributed by atoms with Gasteiger partial charge in [0.15, 0.2) is 16.7 Å². The van der Waals surface area contributed by atoms with Crippen LogP contribution in [0, 0.1) is 0 Å². The number of hydrogen-bond acceptors (Lipinski definition) is 6. The predicted octanol–water partition coefficient (Wildman–Crippen LogP) is 4.68. The average Bonchev–Trinajstić information content (AvgIpc) is 3.56. The molecule has 0 fully saturated rings. The third kappa shape index (κ3) is 6.58. The third-order valence-electron chi connectivity index (χ3n) is 5.77. The molecule has 0 saturated carbocycles. The number of halogens is 2. The number of aromatic amines is 1. The molecule has 9 nitrogen and oxygen atoms in total. The Morgan fingerprint density at radius 2 is 1.95 bits per heavy atom. The van der Waals surface area contributed by atoms with Gasteiger partial charge < -0.3 is 14.1 Å². The molecule has 2 aromatic carbocycles. The van der Waals surface area contributed by atoms with Gasteiger partial charge in [-0.3, -0.25) is 0 Å². The maximum atomic E-state index is 11.9. The number of fused-ring (bicyclic) bond motifs is 1. The molecule has 0 aliphatic carbocycles. The molecule has 3 heterocycles. The summed E-state index contributed by atoms with van der Waals surface area (Å²) in [5.74, 6) is 0.739. The van der Waals surface area contributed by atoms with Gasteiger partial charge in [0.1, 0.15) is 17.2 Å². The number of nitrogens with one attached hydrogen (secondary N) is 1. The summed E-state index contributed by atoms with van der Waals surface area (Å²) in [6, 6.07) is 13.4. The van der Waals surface area contributed by atoms with Gasteiger partial charge in [-0.1, -0.05) is 55.3 Å². The van der Waals surface area contributed by atoms with Crippen molar-refractivity contribution in [3.63, 3.8) is 0 Å². The molecule has 37 heavy (non-hydrogen) atoms. The number of tetrazole rings is 1. The van der Waals surface area contributed by atoms with Gasteiger partial charge in [0.05, 0.1) is 4.47 Å². The minimum atomic E-state index is -1.10. The molecule has 0 saturated heterocycles. The van der Waals surface area contributed by atoms with Crippen LogP contribution in [0.15, 0.2) is 51.4 Å². The average molecular weight is 636 g/mol. The van der Waals surface area contributed by atoms with E-state index in [9.17, 15) is 9.90 Å². The summed E-state index contributed by atoms with van der Waals surface area (Å²) < 4.78 is 8.67. The summed E-state index contributed by atoms with van der Waals surface area (Å²) >= 11 is 9.89. The Balaban J connectivity index is 0.00000190. The van der Waals surface area contributed by atoms with Crippen LogP contribution in [0.5, 0.6) is 0 Å². The Kier molecular flexibility index (Phi) is 11.8. The van der Waals surface area contributed by atoms with Crippen molar-refractivity contribution in [1.82, 2.24) is 30.2 Å². The number of aromatic carboxylic acids is 1. The number of rotatable bonds is 8. The number of H-pyrrole nitrogens is 1. The number of aromatic nitrogens is 6.